The zero-order chi connectivity index (χ0) is 9.97. The minimum atomic E-state index is 0.554. The first kappa shape index (κ1) is 9.36. The Kier molecular flexibility index (Phi) is 2.60. The first-order chi connectivity index (χ1) is 6.85. The molecule has 74 valence electrons. The Morgan fingerprint density at radius 2 is 2.43 bits per heavy atom. The number of aryl methyl sites for hydroxylation is 1. The molecule has 2 aromatic heterocycles. The smallest absolute Gasteiger partial charge is 0.141 e. The molecule has 2 rings (SSSR count). The molecule has 2 heterocycles. The predicted octanol–water partition coefficient (Wildman–Crippen LogP) is 1.49. The van der Waals surface area contributed by atoms with E-state index in [2.05, 4.69) is 17.0 Å². The maximum absolute atomic E-state index is 5.54. The molecule has 2 aromatic rings. The van der Waals surface area contributed by atoms with Crippen molar-refractivity contribution >= 4 is 11.3 Å². The lowest BCUT2D eigenvalue weighted by Gasteiger charge is -1.99. The van der Waals surface area contributed by atoms with E-state index in [-0.39, 0.29) is 0 Å². The summed E-state index contributed by atoms with van der Waals surface area (Å²) in [7, 11) is 0. The number of nitrogens with zero attached hydrogens (tertiary/aromatic N) is 3. The minimum Gasteiger partial charge on any atom is -0.326 e. The molecule has 2 N–H and O–H groups in total. The summed E-state index contributed by atoms with van der Waals surface area (Å²) in [5.41, 5.74) is 6.60. The van der Waals surface area contributed by atoms with Crippen LogP contribution in [0.3, 0.4) is 0 Å². The maximum atomic E-state index is 5.54. The maximum Gasteiger partial charge on any atom is 0.141 e. The zero-order valence-corrected chi connectivity index (χ0v) is 8.79. The van der Waals surface area contributed by atoms with E-state index >= 15 is 0 Å². The highest BCUT2D eigenvalue weighted by Gasteiger charge is 2.08. The van der Waals surface area contributed by atoms with Crippen LogP contribution >= 0.6 is 11.3 Å². The molecule has 0 radical (unpaired) electrons. The van der Waals surface area contributed by atoms with E-state index in [0.717, 1.165) is 22.1 Å². The van der Waals surface area contributed by atoms with Crippen molar-refractivity contribution in [2.24, 2.45) is 5.73 Å². The molecule has 4 nitrogen and oxygen atoms in total. The van der Waals surface area contributed by atoms with E-state index in [0.29, 0.717) is 6.54 Å². The lowest BCUT2D eigenvalue weighted by molar-refractivity contribution is 0.667. The second-order valence-electron chi connectivity index (χ2n) is 2.87. The van der Waals surface area contributed by atoms with Crippen molar-refractivity contribution in [3.8, 4) is 10.7 Å². The van der Waals surface area contributed by atoms with Gasteiger partial charge in [-0.15, -0.1) is 11.3 Å². The van der Waals surface area contributed by atoms with Gasteiger partial charge in [-0.2, -0.15) is 5.10 Å². The lowest BCUT2D eigenvalue weighted by Crippen LogP contribution is -1.97. The molecular weight excluding hydrogens is 196 g/mol. The Morgan fingerprint density at radius 1 is 1.57 bits per heavy atom. The van der Waals surface area contributed by atoms with Crippen LogP contribution in [0.4, 0.5) is 0 Å². The molecule has 0 aliphatic heterocycles. The van der Waals surface area contributed by atoms with Crippen molar-refractivity contribution in [3.63, 3.8) is 0 Å². The molecule has 5 heteroatoms. The highest BCUT2D eigenvalue weighted by Crippen LogP contribution is 2.24. The molecule has 14 heavy (non-hydrogen) atoms. The number of thiazole rings is 1. The van der Waals surface area contributed by atoms with Crippen molar-refractivity contribution in [1.29, 1.82) is 0 Å². The molecule has 0 aliphatic rings. The molecule has 0 unspecified atom stereocenters. The van der Waals surface area contributed by atoms with E-state index in [1.807, 2.05) is 16.9 Å². The van der Waals surface area contributed by atoms with E-state index < -0.39 is 0 Å². The average Bonchev–Trinajstić information content (AvgIpc) is 2.85. The Bertz CT molecular complexity index is 418. The minimum absolute atomic E-state index is 0.554. The summed E-state index contributed by atoms with van der Waals surface area (Å²) in [6, 6.07) is 1.97. The van der Waals surface area contributed by atoms with Gasteiger partial charge in [-0.1, -0.05) is 0 Å². The molecule has 0 atom stereocenters. The summed E-state index contributed by atoms with van der Waals surface area (Å²) in [5.74, 6) is 0. The van der Waals surface area contributed by atoms with Gasteiger partial charge in [0, 0.05) is 30.4 Å². The van der Waals surface area contributed by atoms with Crippen LogP contribution < -0.4 is 5.73 Å². The van der Waals surface area contributed by atoms with E-state index in [9.17, 15) is 0 Å². The Labute approximate surface area is 86.4 Å². The third-order valence-electron chi connectivity index (χ3n) is 1.99. The van der Waals surface area contributed by atoms with E-state index in [4.69, 9.17) is 5.73 Å². The second kappa shape index (κ2) is 3.89. The molecule has 0 amide bonds. The van der Waals surface area contributed by atoms with Crippen LogP contribution in [0.2, 0.25) is 0 Å². The Balaban J connectivity index is 2.38. The fourth-order valence-corrected chi connectivity index (χ4v) is 2.11. The lowest BCUT2D eigenvalue weighted by atomic mass is 10.4. The Morgan fingerprint density at radius 3 is 3.07 bits per heavy atom. The topological polar surface area (TPSA) is 56.7 Å². The molecule has 0 saturated heterocycles. The zero-order valence-electron chi connectivity index (χ0n) is 7.97. The highest BCUT2D eigenvalue weighted by atomic mass is 32.1. The van der Waals surface area contributed by atoms with E-state index in [1.54, 1.807) is 17.5 Å². The molecule has 0 spiro atoms. The standard InChI is InChI=1S/C9H12N4S/c1-2-13-8(3-4-12-13)9-11-6-7(5-10)14-9/h3-4,6H,2,5,10H2,1H3. The van der Waals surface area contributed by atoms with Gasteiger partial charge in [-0.05, 0) is 13.0 Å². The van der Waals surface area contributed by atoms with Gasteiger partial charge in [0.05, 0.1) is 5.69 Å². The fourth-order valence-electron chi connectivity index (χ4n) is 1.29. The first-order valence-electron chi connectivity index (χ1n) is 4.52. The fraction of sp³-hybridized carbons (Fsp3) is 0.333. The van der Waals surface area contributed by atoms with Gasteiger partial charge in [0.25, 0.3) is 0 Å². The number of rotatable bonds is 3. The van der Waals surface area contributed by atoms with Crippen LogP contribution in [0.1, 0.15) is 11.8 Å². The van der Waals surface area contributed by atoms with Crippen molar-refractivity contribution in [1.82, 2.24) is 14.8 Å². The van der Waals surface area contributed by atoms with Crippen LogP contribution in [-0.4, -0.2) is 14.8 Å². The number of aromatic nitrogens is 3. The Hall–Kier alpha value is -1.20. The summed E-state index contributed by atoms with van der Waals surface area (Å²) in [4.78, 5) is 5.42. The number of hydrogen-bond donors (Lipinski definition) is 1. The summed E-state index contributed by atoms with van der Waals surface area (Å²) in [6.07, 6.45) is 3.62. The van der Waals surface area contributed by atoms with Crippen molar-refractivity contribution < 1.29 is 0 Å². The number of hydrogen-bond acceptors (Lipinski definition) is 4. The van der Waals surface area contributed by atoms with Crippen molar-refractivity contribution in [2.75, 3.05) is 0 Å². The monoisotopic (exact) mass is 208 g/mol. The van der Waals surface area contributed by atoms with Gasteiger partial charge in [0.15, 0.2) is 0 Å². The van der Waals surface area contributed by atoms with Gasteiger partial charge in [0.2, 0.25) is 0 Å². The molecule has 0 fully saturated rings. The van der Waals surface area contributed by atoms with Crippen LogP contribution in [0.25, 0.3) is 10.7 Å². The van der Waals surface area contributed by atoms with E-state index in [1.165, 1.54) is 0 Å². The van der Waals surface area contributed by atoms with Crippen LogP contribution in [-0.2, 0) is 13.1 Å². The molecule has 0 aliphatic carbocycles. The third kappa shape index (κ3) is 1.56. The van der Waals surface area contributed by atoms with Gasteiger partial charge >= 0.3 is 0 Å². The van der Waals surface area contributed by atoms with Crippen molar-refractivity contribution in [2.45, 2.75) is 20.0 Å². The second-order valence-corrected chi connectivity index (χ2v) is 3.98. The SMILES string of the molecule is CCn1nccc1-c1ncc(CN)s1. The van der Waals surface area contributed by atoms with Gasteiger partial charge in [-0.3, -0.25) is 4.68 Å². The van der Waals surface area contributed by atoms with Gasteiger partial charge < -0.3 is 5.73 Å². The normalized spacial score (nSPS) is 10.7. The average molecular weight is 208 g/mol. The molecule has 0 bridgehead atoms. The third-order valence-corrected chi connectivity index (χ3v) is 3.03. The summed E-state index contributed by atoms with van der Waals surface area (Å²) in [5, 5.41) is 5.19. The molecule has 0 aromatic carbocycles. The van der Waals surface area contributed by atoms with Crippen molar-refractivity contribution in [3.05, 3.63) is 23.3 Å². The van der Waals surface area contributed by atoms with Gasteiger partial charge in [-0.25, -0.2) is 4.98 Å². The van der Waals surface area contributed by atoms with Crippen LogP contribution in [0.15, 0.2) is 18.5 Å². The summed E-state index contributed by atoms with van der Waals surface area (Å²) in [6.45, 7) is 3.48. The quantitative estimate of drug-likeness (QED) is 0.831. The highest BCUT2D eigenvalue weighted by molar-refractivity contribution is 7.14. The first-order valence-corrected chi connectivity index (χ1v) is 5.33. The summed E-state index contributed by atoms with van der Waals surface area (Å²) >= 11 is 1.62. The van der Waals surface area contributed by atoms with Crippen LogP contribution in [0, 0.1) is 0 Å². The largest absolute Gasteiger partial charge is 0.326 e. The number of nitrogens with two attached hydrogens (primary N) is 1. The summed E-state index contributed by atoms with van der Waals surface area (Å²) < 4.78 is 1.93. The van der Waals surface area contributed by atoms with Crippen LogP contribution in [0.5, 0.6) is 0 Å². The molecule has 0 saturated carbocycles. The van der Waals surface area contributed by atoms with Gasteiger partial charge in [0.1, 0.15) is 5.01 Å². The predicted molar refractivity (Wildman–Crippen MR) is 56.9 cm³/mol. The molecular formula is C9H12N4S.